The van der Waals surface area contributed by atoms with Crippen LogP contribution in [0.3, 0.4) is 0 Å². The molecule has 0 radical (unpaired) electrons. The third kappa shape index (κ3) is 9.77. The predicted molar refractivity (Wildman–Crippen MR) is 69.8 cm³/mol. The van der Waals surface area contributed by atoms with Crippen LogP contribution >= 0.6 is 0 Å². The molecule has 0 saturated carbocycles. The van der Waals surface area contributed by atoms with Crippen LogP contribution in [-0.2, 0) is 0 Å². The summed E-state index contributed by atoms with van der Waals surface area (Å²) in [6.45, 7) is 8.92. The fourth-order valence-electron chi connectivity index (χ4n) is 1.37. The van der Waals surface area contributed by atoms with Crippen molar-refractivity contribution in [2.24, 2.45) is 10.9 Å². The highest BCUT2D eigenvalue weighted by Crippen LogP contribution is 2.05. The van der Waals surface area contributed by atoms with E-state index in [1.165, 1.54) is 12.8 Å². The maximum atomic E-state index is 8.71. The molecule has 3 N–H and O–H groups in total. The second kappa shape index (κ2) is 10.7. The van der Waals surface area contributed by atoms with Crippen LogP contribution in [0.1, 0.15) is 40.0 Å². The Morgan fingerprint density at radius 1 is 1.25 bits per heavy atom. The van der Waals surface area contributed by atoms with E-state index in [0.29, 0.717) is 6.54 Å². The number of hydrogen-bond acceptors (Lipinski definition) is 2. The summed E-state index contributed by atoms with van der Waals surface area (Å²) in [5.74, 6) is 1.59. The summed E-state index contributed by atoms with van der Waals surface area (Å²) >= 11 is 0. The quantitative estimate of drug-likeness (QED) is 0.335. The molecular formula is C12H27N3O. The monoisotopic (exact) mass is 229 g/mol. The Morgan fingerprint density at radius 3 is 2.56 bits per heavy atom. The van der Waals surface area contributed by atoms with Crippen LogP contribution < -0.4 is 10.6 Å². The van der Waals surface area contributed by atoms with Crippen LogP contribution in [0.5, 0.6) is 0 Å². The number of hydrogen-bond donors (Lipinski definition) is 3. The van der Waals surface area contributed by atoms with Crippen molar-refractivity contribution < 1.29 is 5.11 Å². The Bertz CT molecular complexity index is 181. The van der Waals surface area contributed by atoms with Gasteiger partial charge in [-0.05, 0) is 19.3 Å². The maximum absolute atomic E-state index is 8.71. The van der Waals surface area contributed by atoms with Gasteiger partial charge < -0.3 is 15.7 Å². The Balaban J connectivity index is 3.66. The standard InChI is InChI=1S/C12H27N3O/c1-4-13-12(15-9-10-16)14-8-6-5-7-11(2)3/h11,16H,4-10H2,1-3H3,(H2,13,14,15). The van der Waals surface area contributed by atoms with Crippen molar-refractivity contribution in [2.75, 3.05) is 26.2 Å². The number of nitrogens with zero attached hydrogens (tertiary/aromatic N) is 1. The number of aliphatic hydroxyl groups excluding tert-OH is 1. The van der Waals surface area contributed by atoms with Gasteiger partial charge in [-0.25, -0.2) is 0 Å². The minimum atomic E-state index is 0.137. The topological polar surface area (TPSA) is 56.7 Å². The van der Waals surface area contributed by atoms with E-state index in [2.05, 4.69) is 29.5 Å². The van der Waals surface area contributed by atoms with Gasteiger partial charge in [0, 0.05) is 19.6 Å². The van der Waals surface area contributed by atoms with Crippen LogP contribution in [0.25, 0.3) is 0 Å². The van der Waals surface area contributed by atoms with Crippen molar-refractivity contribution >= 4 is 5.96 Å². The largest absolute Gasteiger partial charge is 0.395 e. The summed E-state index contributed by atoms with van der Waals surface area (Å²) in [6, 6.07) is 0. The zero-order valence-electron chi connectivity index (χ0n) is 10.9. The van der Waals surface area contributed by atoms with E-state index in [1.807, 2.05) is 6.92 Å². The number of aliphatic imine (C=N–C) groups is 1. The van der Waals surface area contributed by atoms with E-state index >= 15 is 0 Å². The first-order valence-corrected chi connectivity index (χ1v) is 6.33. The highest BCUT2D eigenvalue weighted by atomic mass is 16.3. The second-order valence-corrected chi connectivity index (χ2v) is 4.30. The van der Waals surface area contributed by atoms with Crippen molar-refractivity contribution in [3.8, 4) is 0 Å². The lowest BCUT2D eigenvalue weighted by Gasteiger charge is -2.10. The smallest absolute Gasteiger partial charge is 0.191 e. The molecule has 0 heterocycles. The molecule has 0 saturated heterocycles. The summed E-state index contributed by atoms with van der Waals surface area (Å²) in [5.41, 5.74) is 0. The third-order valence-corrected chi connectivity index (χ3v) is 2.21. The van der Waals surface area contributed by atoms with Crippen LogP contribution in [0.2, 0.25) is 0 Å². The highest BCUT2D eigenvalue weighted by Gasteiger charge is 1.96. The number of nitrogens with one attached hydrogen (secondary N) is 2. The van der Waals surface area contributed by atoms with Gasteiger partial charge in [0.15, 0.2) is 5.96 Å². The lowest BCUT2D eigenvalue weighted by Crippen LogP contribution is -2.38. The zero-order valence-corrected chi connectivity index (χ0v) is 10.9. The van der Waals surface area contributed by atoms with Crippen molar-refractivity contribution in [2.45, 2.75) is 40.0 Å². The lowest BCUT2D eigenvalue weighted by molar-refractivity contribution is 0.300. The number of aliphatic hydroxyl groups is 1. The molecule has 0 atom stereocenters. The molecule has 0 spiro atoms. The molecule has 0 amide bonds. The van der Waals surface area contributed by atoms with E-state index in [4.69, 9.17) is 5.11 Å². The van der Waals surface area contributed by atoms with E-state index in [1.54, 1.807) is 0 Å². The Kier molecular flexibility index (Phi) is 10.2. The Morgan fingerprint density at radius 2 is 2.00 bits per heavy atom. The Hall–Kier alpha value is -0.770. The molecule has 0 aliphatic heterocycles. The van der Waals surface area contributed by atoms with Gasteiger partial charge in [-0.15, -0.1) is 0 Å². The zero-order chi connectivity index (χ0) is 12.2. The molecule has 4 heteroatoms. The van der Waals surface area contributed by atoms with E-state index in [-0.39, 0.29) is 6.61 Å². The van der Waals surface area contributed by atoms with E-state index < -0.39 is 0 Å². The number of guanidine groups is 1. The molecule has 0 unspecified atom stereocenters. The first-order chi connectivity index (χ1) is 7.70. The number of unbranched alkanes of at least 4 members (excludes halogenated alkanes) is 1. The van der Waals surface area contributed by atoms with Gasteiger partial charge in [-0.2, -0.15) is 0 Å². The summed E-state index contributed by atoms with van der Waals surface area (Å²) in [4.78, 5) is 4.43. The molecule has 0 aliphatic rings. The van der Waals surface area contributed by atoms with Crippen molar-refractivity contribution in [1.29, 1.82) is 0 Å². The van der Waals surface area contributed by atoms with Gasteiger partial charge in [-0.1, -0.05) is 26.7 Å². The fraction of sp³-hybridized carbons (Fsp3) is 0.917. The molecule has 16 heavy (non-hydrogen) atoms. The average molecular weight is 229 g/mol. The summed E-state index contributed by atoms with van der Waals surface area (Å²) < 4.78 is 0. The van der Waals surface area contributed by atoms with Gasteiger partial charge in [-0.3, -0.25) is 4.99 Å². The Labute approximate surface area is 99.5 Å². The van der Waals surface area contributed by atoms with Crippen LogP contribution in [0.15, 0.2) is 4.99 Å². The minimum Gasteiger partial charge on any atom is -0.395 e. The minimum absolute atomic E-state index is 0.137. The first kappa shape index (κ1) is 15.2. The van der Waals surface area contributed by atoms with Gasteiger partial charge in [0.1, 0.15) is 0 Å². The number of rotatable bonds is 8. The molecule has 0 aliphatic carbocycles. The summed E-state index contributed by atoms with van der Waals surface area (Å²) in [6.07, 6.45) is 3.64. The predicted octanol–water partition coefficient (Wildman–Crippen LogP) is 1.36. The molecule has 0 fully saturated rings. The fourth-order valence-corrected chi connectivity index (χ4v) is 1.37. The molecule has 0 bridgehead atoms. The van der Waals surface area contributed by atoms with E-state index in [0.717, 1.165) is 31.4 Å². The van der Waals surface area contributed by atoms with Gasteiger partial charge in [0.25, 0.3) is 0 Å². The molecule has 0 aromatic carbocycles. The molecule has 0 rings (SSSR count). The van der Waals surface area contributed by atoms with Crippen LogP contribution in [-0.4, -0.2) is 37.3 Å². The SMILES string of the molecule is CCNC(=NCCCCC(C)C)NCCO. The van der Waals surface area contributed by atoms with Gasteiger partial charge in [0.05, 0.1) is 6.61 Å². The molecule has 96 valence electrons. The van der Waals surface area contributed by atoms with Crippen molar-refractivity contribution in [1.82, 2.24) is 10.6 Å². The lowest BCUT2D eigenvalue weighted by atomic mass is 10.1. The van der Waals surface area contributed by atoms with Crippen molar-refractivity contribution in [3.05, 3.63) is 0 Å². The summed E-state index contributed by atoms with van der Waals surface area (Å²) in [7, 11) is 0. The van der Waals surface area contributed by atoms with E-state index in [9.17, 15) is 0 Å². The maximum Gasteiger partial charge on any atom is 0.191 e. The molecular weight excluding hydrogens is 202 g/mol. The van der Waals surface area contributed by atoms with Gasteiger partial charge in [0.2, 0.25) is 0 Å². The van der Waals surface area contributed by atoms with Crippen LogP contribution in [0.4, 0.5) is 0 Å². The van der Waals surface area contributed by atoms with Crippen molar-refractivity contribution in [3.63, 3.8) is 0 Å². The molecule has 0 aromatic rings. The molecule has 4 nitrogen and oxygen atoms in total. The normalized spacial score (nSPS) is 11.9. The highest BCUT2D eigenvalue weighted by molar-refractivity contribution is 5.79. The van der Waals surface area contributed by atoms with Crippen LogP contribution in [0, 0.1) is 5.92 Å². The first-order valence-electron chi connectivity index (χ1n) is 6.33. The average Bonchev–Trinajstić information content (AvgIpc) is 2.24. The molecule has 0 aromatic heterocycles. The summed E-state index contributed by atoms with van der Waals surface area (Å²) in [5, 5.41) is 14.9. The van der Waals surface area contributed by atoms with Gasteiger partial charge >= 0.3 is 0 Å². The third-order valence-electron chi connectivity index (χ3n) is 2.21. The second-order valence-electron chi connectivity index (χ2n) is 4.30.